The number of hydrogen-bond donors (Lipinski definition) is 0. The zero-order valence-electron chi connectivity index (χ0n) is 9.75. The van der Waals surface area contributed by atoms with Crippen LogP contribution in [0.5, 0.6) is 0 Å². The summed E-state index contributed by atoms with van der Waals surface area (Å²) in [5, 5.41) is 0. The van der Waals surface area contributed by atoms with Gasteiger partial charge in [-0.1, -0.05) is 13.0 Å². The van der Waals surface area contributed by atoms with E-state index >= 15 is 0 Å². The molecule has 0 spiro atoms. The first kappa shape index (κ1) is 17.2. The topological polar surface area (TPSA) is 9.23 Å². The maximum Gasteiger partial charge on any atom is 0.460 e. The quantitative estimate of drug-likeness (QED) is 0.403. The molecule has 0 aromatic carbocycles. The van der Waals surface area contributed by atoms with Crippen molar-refractivity contribution in [3.8, 4) is 0 Å². The highest BCUT2D eigenvalue weighted by Gasteiger charge is 2.73. The highest BCUT2D eigenvalue weighted by molar-refractivity contribution is 5.19. The van der Waals surface area contributed by atoms with Gasteiger partial charge in [-0.25, -0.2) is 0 Å². The lowest BCUT2D eigenvalue weighted by atomic mass is 9.99. The average Bonchev–Trinajstić information content (AvgIpc) is 2.22. The fourth-order valence-corrected chi connectivity index (χ4v) is 1.15. The van der Waals surface area contributed by atoms with Gasteiger partial charge < -0.3 is 4.74 Å². The van der Waals surface area contributed by atoms with E-state index in [-0.39, 0.29) is 6.61 Å². The van der Waals surface area contributed by atoms with Crippen LogP contribution < -0.4 is 0 Å². The molecule has 0 rings (SSSR count). The van der Waals surface area contributed by atoms with Crippen molar-refractivity contribution in [2.45, 2.75) is 38.3 Å². The van der Waals surface area contributed by atoms with Gasteiger partial charge in [-0.2, -0.15) is 30.7 Å². The minimum absolute atomic E-state index is 0.134. The molecule has 0 saturated carbocycles. The van der Waals surface area contributed by atoms with Gasteiger partial charge in [0.15, 0.2) is 0 Å². The highest BCUT2D eigenvalue weighted by Crippen LogP contribution is 2.50. The third kappa shape index (κ3) is 3.37. The van der Waals surface area contributed by atoms with Gasteiger partial charge in [-0.15, -0.1) is 0 Å². The minimum atomic E-state index is -6.31. The number of rotatable bonds is 6. The zero-order chi connectivity index (χ0) is 14.6. The van der Waals surface area contributed by atoms with Crippen LogP contribution in [-0.2, 0) is 4.74 Å². The predicted molar refractivity (Wildman–Crippen MR) is 50.8 cm³/mol. The summed E-state index contributed by atoms with van der Waals surface area (Å²) in [5.74, 6) is -11.4. The molecule has 0 bridgehead atoms. The van der Waals surface area contributed by atoms with Gasteiger partial charge in [0.05, 0.1) is 6.61 Å². The van der Waals surface area contributed by atoms with E-state index in [1.807, 2.05) is 0 Å². The van der Waals surface area contributed by atoms with E-state index in [2.05, 4.69) is 4.74 Å². The van der Waals surface area contributed by atoms with Crippen molar-refractivity contribution in [3.63, 3.8) is 0 Å². The third-order valence-electron chi connectivity index (χ3n) is 2.19. The van der Waals surface area contributed by atoms with E-state index in [9.17, 15) is 30.7 Å². The molecule has 0 aliphatic heterocycles. The van der Waals surface area contributed by atoms with Crippen LogP contribution in [0.4, 0.5) is 30.7 Å². The zero-order valence-corrected chi connectivity index (χ0v) is 9.75. The average molecular weight is 282 g/mol. The second-order valence-electron chi connectivity index (χ2n) is 3.39. The number of ether oxygens (including phenoxy) is 1. The summed E-state index contributed by atoms with van der Waals surface area (Å²) in [6.45, 7) is 2.29. The first-order valence-electron chi connectivity index (χ1n) is 5.11. The predicted octanol–water partition coefficient (Wildman–Crippen LogP) is 4.19. The van der Waals surface area contributed by atoms with Crippen LogP contribution in [0, 0.1) is 0 Å². The molecule has 108 valence electrons. The Morgan fingerprint density at radius 3 is 1.83 bits per heavy atom. The molecule has 0 aliphatic carbocycles. The van der Waals surface area contributed by atoms with Crippen molar-refractivity contribution in [3.05, 3.63) is 11.6 Å². The van der Waals surface area contributed by atoms with Gasteiger partial charge in [0, 0.05) is 12.2 Å². The maximum atomic E-state index is 13.2. The Hall–Kier alpha value is -0.790. The van der Waals surface area contributed by atoms with Gasteiger partial charge in [0.2, 0.25) is 0 Å². The minimum Gasteiger partial charge on any atom is -0.378 e. The molecular formula is C10H13F7O. The largest absolute Gasteiger partial charge is 0.460 e. The first-order chi connectivity index (χ1) is 8.02. The third-order valence-corrected chi connectivity index (χ3v) is 2.19. The van der Waals surface area contributed by atoms with E-state index in [1.165, 1.54) is 6.92 Å². The van der Waals surface area contributed by atoms with Crippen LogP contribution in [0.3, 0.4) is 0 Å². The molecule has 0 unspecified atom stereocenters. The van der Waals surface area contributed by atoms with E-state index in [1.54, 1.807) is 0 Å². The second-order valence-corrected chi connectivity index (χ2v) is 3.39. The summed E-state index contributed by atoms with van der Waals surface area (Å²) < 4.78 is 92.2. The van der Waals surface area contributed by atoms with Gasteiger partial charge in [0.25, 0.3) is 0 Å². The monoisotopic (exact) mass is 282 g/mol. The Balaban J connectivity index is 5.26. The Morgan fingerprint density at radius 2 is 1.50 bits per heavy atom. The van der Waals surface area contributed by atoms with E-state index in [0.29, 0.717) is 6.08 Å². The molecule has 0 aromatic rings. The summed E-state index contributed by atoms with van der Waals surface area (Å²) >= 11 is 0. The molecule has 0 saturated heterocycles. The van der Waals surface area contributed by atoms with Crippen molar-refractivity contribution in [2.24, 2.45) is 0 Å². The lowest BCUT2D eigenvalue weighted by Crippen LogP contribution is -2.52. The summed E-state index contributed by atoms with van der Waals surface area (Å²) in [5.41, 5.74) is -1.29. The molecule has 0 radical (unpaired) electrons. The van der Waals surface area contributed by atoms with Gasteiger partial charge >= 0.3 is 18.0 Å². The lowest BCUT2D eigenvalue weighted by molar-refractivity contribution is -0.344. The molecule has 18 heavy (non-hydrogen) atoms. The fourth-order valence-electron chi connectivity index (χ4n) is 1.15. The summed E-state index contributed by atoms with van der Waals surface area (Å²) in [4.78, 5) is 0. The molecule has 1 nitrogen and oxygen atoms in total. The van der Waals surface area contributed by atoms with Crippen LogP contribution in [0.1, 0.15) is 20.3 Å². The van der Waals surface area contributed by atoms with Crippen molar-refractivity contribution in [1.29, 1.82) is 0 Å². The van der Waals surface area contributed by atoms with Crippen LogP contribution in [0.2, 0.25) is 0 Å². The fraction of sp³-hybridized carbons (Fsp3) is 0.800. The highest BCUT2D eigenvalue weighted by atomic mass is 19.4. The molecule has 0 amide bonds. The number of allylic oxidation sites excluding steroid dienone is 1. The summed E-state index contributed by atoms with van der Waals surface area (Å²) in [6.07, 6.45) is -6.38. The van der Waals surface area contributed by atoms with Gasteiger partial charge in [-0.3, -0.25) is 0 Å². The van der Waals surface area contributed by atoms with Gasteiger partial charge in [-0.05, 0) is 13.3 Å². The molecule has 0 N–H and O–H groups in total. The number of halogens is 7. The normalized spacial score (nSPS) is 15.1. The lowest BCUT2D eigenvalue weighted by Gasteiger charge is -2.29. The summed E-state index contributed by atoms with van der Waals surface area (Å²) in [6, 6.07) is 0. The molecule has 0 atom stereocenters. The molecule has 0 aromatic heterocycles. The Morgan fingerprint density at radius 1 is 1.00 bits per heavy atom. The summed E-state index contributed by atoms with van der Waals surface area (Å²) in [7, 11) is 0. The Labute approximate surface area is 99.6 Å². The maximum absolute atomic E-state index is 13.2. The Kier molecular flexibility index (Phi) is 5.64. The van der Waals surface area contributed by atoms with E-state index < -0.39 is 36.6 Å². The van der Waals surface area contributed by atoms with Crippen LogP contribution in [0.25, 0.3) is 0 Å². The molecule has 0 heterocycles. The van der Waals surface area contributed by atoms with Crippen molar-refractivity contribution >= 4 is 0 Å². The standard InChI is InChI=1S/C10H13F7O/c1-3-7(5-6-18-4-2)8(11,12)9(13,14)10(15,16)17/h5H,3-4,6H2,1-2H3/b7-5+. The van der Waals surface area contributed by atoms with Crippen LogP contribution >= 0.6 is 0 Å². The molecular weight excluding hydrogens is 269 g/mol. The molecule has 8 heteroatoms. The number of hydrogen-bond acceptors (Lipinski definition) is 1. The van der Waals surface area contributed by atoms with Crippen molar-refractivity contribution < 1.29 is 35.5 Å². The SMILES string of the molecule is CCOC/C=C(\CC)C(F)(F)C(F)(F)C(F)(F)F. The van der Waals surface area contributed by atoms with E-state index in [0.717, 1.165) is 6.92 Å². The first-order valence-corrected chi connectivity index (χ1v) is 5.11. The molecule has 0 fully saturated rings. The van der Waals surface area contributed by atoms with Crippen molar-refractivity contribution in [2.75, 3.05) is 13.2 Å². The van der Waals surface area contributed by atoms with E-state index in [4.69, 9.17) is 0 Å². The smallest absolute Gasteiger partial charge is 0.378 e. The van der Waals surface area contributed by atoms with Crippen molar-refractivity contribution in [1.82, 2.24) is 0 Å². The van der Waals surface area contributed by atoms with Gasteiger partial charge in [0.1, 0.15) is 0 Å². The Bertz CT molecular complexity index is 293. The van der Waals surface area contributed by atoms with Crippen LogP contribution in [0.15, 0.2) is 11.6 Å². The molecule has 0 aliphatic rings. The number of alkyl halides is 7. The van der Waals surface area contributed by atoms with Crippen LogP contribution in [-0.4, -0.2) is 31.2 Å². The second kappa shape index (κ2) is 5.90.